The van der Waals surface area contributed by atoms with Gasteiger partial charge < -0.3 is 16.4 Å². The lowest BCUT2D eigenvalue weighted by Crippen LogP contribution is -2.48. The van der Waals surface area contributed by atoms with Crippen molar-refractivity contribution in [3.8, 4) is 0 Å². The Morgan fingerprint density at radius 1 is 1.24 bits per heavy atom. The van der Waals surface area contributed by atoms with E-state index < -0.39 is 11.6 Å². The van der Waals surface area contributed by atoms with Crippen molar-refractivity contribution in [3.63, 3.8) is 0 Å². The van der Waals surface area contributed by atoms with Crippen molar-refractivity contribution in [1.82, 2.24) is 10.6 Å². The van der Waals surface area contributed by atoms with Crippen molar-refractivity contribution in [2.24, 2.45) is 11.7 Å². The van der Waals surface area contributed by atoms with E-state index in [1.54, 1.807) is 20.8 Å². The molecule has 0 aromatic carbocycles. The number of hydrogen-bond donors (Lipinski definition) is 3. The number of amides is 2. The Bertz CT molecular complexity index is 269. The SMILES string of the molecule is CC(C)CNC(=O)C(C)NC(=O)CC(C)(C)N. The van der Waals surface area contributed by atoms with Gasteiger partial charge in [0.05, 0.1) is 0 Å². The van der Waals surface area contributed by atoms with E-state index in [0.717, 1.165) is 0 Å². The first-order chi connectivity index (χ1) is 7.61. The van der Waals surface area contributed by atoms with Crippen molar-refractivity contribution in [1.29, 1.82) is 0 Å². The Kier molecular flexibility index (Phi) is 6.16. The highest BCUT2D eigenvalue weighted by molar-refractivity contribution is 5.87. The molecular weight excluding hydrogens is 218 g/mol. The van der Waals surface area contributed by atoms with E-state index in [1.807, 2.05) is 13.8 Å². The Balaban J connectivity index is 4.03. The van der Waals surface area contributed by atoms with E-state index in [1.165, 1.54) is 0 Å². The minimum Gasteiger partial charge on any atom is -0.354 e. The monoisotopic (exact) mass is 243 g/mol. The van der Waals surface area contributed by atoms with Crippen LogP contribution in [0, 0.1) is 5.92 Å². The third kappa shape index (κ3) is 8.68. The molecular formula is C12H25N3O2. The quantitative estimate of drug-likeness (QED) is 0.631. The van der Waals surface area contributed by atoms with Gasteiger partial charge in [0, 0.05) is 18.5 Å². The fraction of sp³-hybridized carbons (Fsp3) is 0.833. The second-order valence-electron chi connectivity index (χ2n) is 5.59. The molecule has 0 aromatic heterocycles. The number of rotatable bonds is 6. The van der Waals surface area contributed by atoms with Gasteiger partial charge in [-0.15, -0.1) is 0 Å². The van der Waals surface area contributed by atoms with E-state index in [-0.39, 0.29) is 18.2 Å². The maximum atomic E-state index is 11.6. The maximum Gasteiger partial charge on any atom is 0.242 e. The van der Waals surface area contributed by atoms with Gasteiger partial charge in [-0.05, 0) is 26.7 Å². The van der Waals surface area contributed by atoms with E-state index in [9.17, 15) is 9.59 Å². The first kappa shape index (κ1) is 15.9. The maximum absolute atomic E-state index is 11.6. The van der Waals surface area contributed by atoms with Gasteiger partial charge >= 0.3 is 0 Å². The molecule has 0 aliphatic heterocycles. The van der Waals surface area contributed by atoms with E-state index in [2.05, 4.69) is 10.6 Å². The van der Waals surface area contributed by atoms with Crippen LogP contribution in [0.2, 0.25) is 0 Å². The number of hydrogen-bond acceptors (Lipinski definition) is 3. The molecule has 0 aliphatic carbocycles. The molecule has 0 saturated carbocycles. The van der Waals surface area contributed by atoms with Crippen LogP contribution in [0.15, 0.2) is 0 Å². The number of carbonyl (C=O) groups is 2. The third-order valence-electron chi connectivity index (χ3n) is 2.07. The molecule has 17 heavy (non-hydrogen) atoms. The van der Waals surface area contributed by atoms with Gasteiger partial charge in [-0.25, -0.2) is 0 Å². The van der Waals surface area contributed by atoms with Crippen LogP contribution in [0.25, 0.3) is 0 Å². The summed E-state index contributed by atoms with van der Waals surface area (Å²) in [7, 11) is 0. The molecule has 1 unspecified atom stereocenters. The standard InChI is InChI=1S/C12H25N3O2/c1-8(2)7-14-11(17)9(3)15-10(16)6-12(4,5)13/h8-9H,6-7,13H2,1-5H3,(H,14,17)(H,15,16). The zero-order valence-electron chi connectivity index (χ0n) is 11.5. The number of nitrogens with two attached hydrogens (primary N) is 1. The van der Waals surface area contributed by atoms with Gasteiger partial charge in [0.15, 0.2) is 0 Å². The molecule has 4 N–H and O–H groups in total. The molecule has 0 aromatic rings. The molecule has 0 radical (unpaired) electrons. The largest absolute Gasteiger partial charge is 0.354 e. The van der Waals surface area contributed by atoms with Gasteiger partial charge in [-0.2, -0.15) is 0 Å². The molecule has 0 saturated heterocycles. The predicted octanol–water partition coefficient (Wildman–Crippen LogP) is 0.391. The van der Waals surface area contributed by atoms with E-state index in [4.69, 9.17) is 5.73 Å². The lowest BCUT2D eigenvalue weighted by atomic mass is 10.0. The second-order valence-corrected chi connectivity index (χ2v) is 5.59. The number of nitrogens with one attached hydrogen (secondary N) is 2. The van der Waals surface area contributed by atoms with Crippen molar-refractivity contribution in [3.05, 3.63) is 0 Å². The van der Waals surface area contributed by atoms with Crippen LogP contribution in [-0.2, 0) is 9.59 Å². The summed E-state index contributed by atoms with van der Waals surface area (Å²) in [6.07, 6.45) is 0.203. The minimum absolute atomic E-state index is 0.165. The van der Waals surface area contributed by atoms with Crippen LogP contribution in [-0.4, -0.2) is 29.9 Å². The van der Waals surface area contributed by atoms with Crippen LogP contribution in [0.5, 0.6) is 0 Å². The molecule has 5 nitrogen and oxygen atoms in total. The highest BCUT2D eigenvalue weighted by atomic mass is 16.2. The molecule has 2 amide bonds. The van der Waals surface area contributed by atoms with Gasteiger partial charge in [-0.1, -0.05) is 13.8 Å². The summed E-state index contributed by atoms with van der Waals surface area (Å²) in [6.45, 7) is 9.85. The van der Waals surface area contributed by atoms with E-state index >= 15 is 0 Å². The Morgan fingerprint density at radius 2 is 1.76 bits per heavy atom. The van der Waals surface area contributed by atoms with Gasteiger partial charge in [0.2, 0.25) is 11.8 Å². The van der Waals surface area contributed by atoms with Crippen LogP contribution in [0.4, 0.5) is 0 Å². The second kappa shape index (κ2) is 6.59. The summed E-state index contributed by atoms with van der Waals surface area (Å²) >= 11 is 0. The molecule has 0 fully saturated rings. The molecule has 0 heterocycles. The highest BCUT2D eigenvalue weighted by Crippen LogP contribution is 2.03. The molecule has 0 spiro atoms. The summed E-state index contributed by atoms with van der Waals surface area (Å²) in [6, 6.07) is -0.524. The molecule has 100 valence electrons. The normalized spacial score (nSPS) is 13.4. The summed E-state index contributed by atoms with van der Waals surface area (Å²) in [4.78, 5) is 23.1. The van der Waals surface area contributed by atoms with Gasteiger partial charge in [0.1, 0.15) is 6.04 Å². The highest BCUT2D eigenvalue weighted by Gasteiger charge is 2.20. The lowest BCUT2D eigenvalue weighted by Gasteiger charge is -2.20. The van der Waals surface area contributed by atoms with Crippen LogP contribution in [0.1, 0.15) is 41.0 Å². The fourth-order valence-electron chi connectivity index (χ4n) is 1.23. The van der Waals surface area contributed by atoms with Crippen molar-refractivity contribution in [2.45, 2.75) is 52.6 Å². The first-order valence-electron chi connectivity index (χ1n) is 5.98. The summed E-state index contributed by atoms with van der Waals surface area (Å²) < 4.78 is 0. The van der Waals surface area contributed by atoms with E-state index in [0.29, 0.717) is 12.5 Å². The lowest BCUT2D eigenvalue weighted by molar-refractivity contribution is -0.129. The van der Waals surface area contributed by atoms with Crippen LogP contribution < -0.4 is 16.4 Å². The van der Waals surface area contributed by atoms with Crippen molar-refractivity contribution in [2.75, 3.05) is 6.54 Å². The van der Waals surface area contributed by atoms with Gasteiger partial charge in [0.25, 0.3) is 0 Å². The van der Waals surface area contributed by atoms with Crippen molar-refractivity contribution >= 4 is 11.8 Å². The molecule has 1 atom stereocenters. The molecule has 0 rings (SSSR count). The summed E-state index contributed by atoms with van der Waals surface area (Å²) in [5, 5.41) is 5.39. The van der Waals surface area contributed by atoms with Gasteiger partial charge in [-0.3, -0.25) is 9.59 Å². The van der Waals surface area contributed by atoms with Crippen LogP contribution in [0.3, 0.4) is 0 Å². The topological polar surface area (TPSA) is 84.2 Å². The molecule has 0 bridgehead atoms. The summed E-state index contributed by atoms with van der Waals surface area (Å²) in [5.41, 5.74) is 5.17. The zero-order valence-corrected chi connectivity index (χ0v) is 11.5. The number of carbonyl (C=O) groups excluding carboxylic acids is 2. The average molecular weight is 243 g/mol. The Morgan fingerprint density at radius 3 is 2.18 bits per heavy atom. The Labute approximate surface area is 104 Å². The first-order valence-corrected chi connectivity index (χ1v) is 5.98. The van der Waals surface area contributed by atoms with Crippen LogP contribution >= 0.6 is 0 Å². The fourth-order valence-corrected chi connectivity index (χ4v) is 1.23. The summed E-state index contributed by atoms with van der Waals surface area (Å²) in [5.74, 6) is 0.0244. The predicted molar refractivity (Wildman–Crippen MR) is 68.3 cm³/mol. The minimum atomic E-state index is -0.557. The third-order valence-corrected chi connectivity index (χ3v) is 2.07. The molecule has 5 heteroatoms. The smallest absolute Gasteiger partial charge is 0.242 e. The van der Waals surface area contributed by atoms with Crippen molar-refractivity contribution < 1.29 is 9.59 Å². The molecule has 0 aliphatic rings. The Hall–Kier alpha value is -1.10. The zero-order chi connectivity index (χ0) is 13.6. The average Bonchev–Trinajstić information content (AvgIpc) is 2.10.